The molecule has 10 heteroatoms. The van der Waals surface area contributed by atoms with Crippen molar-refractivity contribution in [3.63, 3.8) is 0 Å². The molecule has 1 aliphatic heterocycles. The predicted octanol–water partition coefficient (Wildman–Crippen LogP) is 1.05. The maximum absolute atomic E-state index is 11.9. The lowest BCUT2D eigenvalue weighted by atomic mass is 9.96. The third kappa shape index (κ3) is 13.8. The minimum absolute atomic E-state index is 0.0292. The number of ketones is 1. The molecule has 0 aromatic heterocycles. The molecule has 0 bridgehead atoms. The van der Waals surface area contributed by atoms with Gasteiger partial charge < -0.3 is 20.3 Å². The van der Waals surface area contributed by atoms with E-state index in [4.69, 9.17) is 4.74 Å². The smallest absolute Gasteiger partial charge is 0.253 e. The molecular formula is C25H42N4O6. The quantitative estimate of drug-likeness (QED) is 0.215. The van der Waals surface area contributed by atoms with E-state index in [0.29, 0.717) is 39.1 Å². The van der Waals surface area contributed by atoms with Crippen LogP contribution >= 0.6 is 0 Å². The zero-order valence-corrected chi connectivity index (χ0v) is 21.7. The van der Waals surface area contributed by atoms with Crippen molar-refractivity contribution < 1.29 is 28.7 Å². The van der Waals surface area contributed by atoms with E-state index in [0.717, 1.165) is 30.8 Å². The Hall–Kier alpha value is -2.59. The van der Waals surface area contributed by atoms with Crippen LogP contribution in [0, 0.1) is 5.41 Å². The van der Waals surface area contributed by atoms with Crippen LogP contribution in [0.15, 0.2) is 12.2 Å². The minimum atomic E-state index is -0.380. The summed E-state index contributed by atoms with van der Waals surface area (Å²) in [7, 11) is 2.02. The molecule has 35 heavy (non-hydrogen) atoms. The second-order valence-corrected chi connectivity index (χ2v) is 9.78. The van der Waals surface area contributed by atoms with Gasteiger partial charge in [-0.25, -0.2) is 0 Å². The summed E-state index contributed by atoms with van der Waals surface area (Å²) in [6.45, 7) is 9.44. The van der Waals surface area contributed by atoms with Crippen LogP contribution in [-0.2, 0) is 28.7 Å². The molecule has 4 amide bonds. The van der Waals surface area contributed by atoms with Crippen LogP contribution in [0.5, 0.6) is 0 Å². The lowest BCUT2D eigenvalue weighted by Crippen LogP contribution is -2.36. The molecule has 0 unspecified atom stereocenters. The number of amides is 4. The van der Waals surface area contributed by atoms with Crippen molar-refractivity contribution in [2.45, 2.75) is 59.3 Å². The largest absolute Gasteiger partial charge is 0.381 e. The summed E-state index contributed by atoms with van der Waals surface area (Å²) in [4.78, 5) is 61.7. The number of nitrogens with zero attached hydrogens (tertiary/aromatic N) is 2. The van der Waals surface area contributed by atoms with Gasteiger partial charge in [0.1, 0.15) is 5.78 Å². The summed E-state index contributed by atoms with van der Waals surface area (Å²) in [5.41, 5.74) is -0.369. The Balaban J connectivity index is 1.93. The van der Waals surface area contributed by atoms with E-state index in [1.165, 1.54) is 12.2 Å². The number of hydrogen-bond acceptors (Lipinski definition) is 7. The first-order valence-corrected chi connectivity index (χ1v) is 12.4. The van der Waals surface area contributed by atoms with E-state index in [-0.39, 0.29) is 54.2 Å². The van der Waals surface area contributed by atoms with E-state index in [1.54, 1.807) is 0 Å². The Morgan fingerprint density at radius 2 is 1.49 bits per heavy atom. The first-order valence-electron chi connectivity index (χ1n) is 12.4. The van der Waals surface area contributed by atoms with Crippen molar-refractivity contribution in [2.75, 3.05) is 53.0 Å². The summed E-state index contributed by atoms with van der Waals surface area (Å²) in [6, 6.07) is 0. The van der Waals surface area contributed by atoms with Crippen LogP contribution in [0.1, 0.15) is 59.3 Å². The van der Waals surface area contributed by atoms with Gasteiger partial charge in [0.25, 0.3) is 11.8 Å². The van der Waals surface area contributed by atoms with Crippen molar-refractivity contribution in [1.29, 1.82) is 0 Å². The van der Waals surface area contributed by atoms with Crippen molar-refractivity contribution in [3.05, 3.63) is 12.2 Å². The number of Topliss-reactive ketones (excluding diaryl/α,β-unsaturated/α-hetero) is 1. The van der Waals surface area contributed by atoms with Crippen LogP contribution in [0.25, 0.3) is 0 Å². The summed E-state index contributed by atoms with van der Waals surface area (Å²) >= 11 is 0. The van der Waals surface area contributed by atoms with Gasteiger partial charge in [-0.2, -0.15) is 0 Å². The Morgan fingerprint density at radius 3 is 2.09 bits per heavy atom. The highest BCUT2D eigenvalue weighted by Crippen LogP contribution is 2.12. The number of imide groups is 1. The van der Waals surface area contributed by atoms with Crippen molar-refractivity contribution in [3.8, 4) is 0 Å². The van der Waals surface area contributed by atoms with Gasteiger partial charge in [0.05, 0.1) is 6.61 Å². The maximum Gasteiger partial charge on any atom is 0.253 e. The molecule has 0 aliphatic carbocycles. The normalized spacial score (nSPS) is 13.6. The lowest BCUT2D eigenvalue weighted by Gasteiger charge is -2.19. The van der Waals surface area contributed by atoms with E-state index in [1.807, 2.05) is 27.8 Å². The maximum atomic E-state index is 11.9. The third-order valence-electron chi connectivity index (χ3n) is 5.45. The fourth-order valence-electron chi connectivity index (χ4n) is 3.24. The second kappa shape index (κ2) is 16.1. The van der Waals surface area contributed by atoms with Crippen molar-refractivity contribution in [2.24, 2.45) is 5.41 Å². The molecule has 0 spiro atoms. The summed E-state index contributed by atoms with van der Waals surface area (Å²) in [5.74, 6) is -0.797. The number of carbonyl (C=O) groups is 5. The molecule has 0 radical (unpaired) electrons. The number of rotatable bonds is 18. The molecule has 0 saturated heterocycles. The fourth-order valence-corrected chi connectivity index (χ4v) is 3.24. The predicted molar refractivity (Wildman–Crippen MR) is 132 cm³/mol. The molecule has 1 rings (SSSR count). The number of hydrogen-bond donors (Lipinski definition) is 2. The third-order valence-corrected chi connectivity index (χ3v) is 5.45. The second-order valence-electron chi connectivity index (χ2n) is 9.78. The Bertz CT molecular complexity index is 742. The van der Waals surface area contributed by atoms with Crippen LogP contribution in [0.3, 0.4) is 0 Å². The number of carbonyl (C=O) groups excluding carboxylic acids is 5. The molecule has 0 aromatic rings. The molecule has 0 aromatic carbocycles. The van der Waals surface area contributed by atoms with Crippen LogP contribution < -0.4 is 10.6 Å². The van der Waals surface area contributed by atoms with Gasteiger partial charge in [0, 0.05) is 63.1 Å². The highest BCUT2D eigenvalue weighted by molar-refractivity contribution is 6.13. The van der Waals surface area contributed by atoms with E-state index >= 15 is 0 Å². The van der Waals surface area contributed by atoms with Gasteiger partial charge >= 0.3 is 0 Å². The number of nitrogens with one attached hydrogen (secondary N) is 2. The standard InChI is InChI=1S/C25H42N4O6/c1-25(2,3)24(34)27-14-7-16-28(4)15-6-13-26-21(31)12-19-35-18-5-8-20(30)11-17-29-22(32)9-10-23(29)33/h9-10H,5-8,11-19H2,1-4H3,(H,26,31)(H,27,34). The molecule has 10 nitrogen and oxygen atoms in total. The average molecular weight is 495 g/mol. The Labute approximate surface area is 208 Å². The minimum Gasteiger partial charge on any atom is -0.381 e. The van der Waals surface area contributed by atoms with Crippen LogP contribution in [-0.4, -0.2) is 92.2 Å². The molecular weight excluding hydrogens is 452 g/mol. The zero-order valence-electron chi connectivity index (χ0n) is 21.7. The highest BCUT2D eigenvalue weighted by Gasteiger charge is 2.23. The summed E-state index contributed by atoms with van der Waals surface area (Å²) in [5, 5.41) is 5.81. The summed E-state index contributed by atoms with van der Waals surface area (Å²) in [6.07, 6.45) is 5.38. The topological polar surface area (TPSA) is 125 Å². The van der Waals surface area contributed by atoms with Crippen molar-refractivity contribution >= 4 is 29.4 Å². The Morgan fingerprint density at radius 1 is 0.886 bits per heavy atom. The Kier molecular flexibility index (Phi) is 14.0. The molecule has 0 atom stereocenters. The molecule has 2 N–H and O–H groups in total. The van der Waals surface area contributed by atoms with Gasteiger partial charge in [-0.05, 0) is 39.4 Å². The van der Waals surface area contributed by atoms with E-state index in [2.05, 4.69) is 15.5 Å². The molecule has 0 saturated carbocycles. The van der Waals surface area contributed by atoms with Gasteiger partial charge in [-0.1, -0.05) is 20.8 Å². The van der Waals surface area contributed by atoms with E-state index in [9.17, 15) is 24.0 Å². The van der Waals surface area contributed by atoms with Gasteiger partial charge in [0.15, 0.2) is 0 Å². The SMILES string of the molecule is CN(CCCNC(=O)CCOCCCC(=O)CCN1C(=O)C=CC1=O)CCCNC(=O)C(C)(C)C. The van der Waals surface area contributed by atoms with Crippen LogP contribution in [0.4, 0.5) is 0 Å². The number of ether oxygens (including phenoxy) is 1. The average Bonchev–Trinajstić information content (AvgIpc) is 3.11. The first-order chi connectivity index (χ1) is 16.5. The van der Waals surface area contributed by atoms with Gasteiger partial charge in [-0.15, -0.1) is 0 Å². The highest BCUT2D eigenvalue weighted by atomic mass is 16.5. The molecule has 1 aliphatic rings. The zero-order chi connectivity index (χ0) is 26.3. The van der Waals surface area contributed by atoms with Crippen molar-refractivity contribution in [1.82, 2.24) is 20.4 Å². The fraction of sp³-hybridized carbons (Fsp3) is 0.720. The van der Waals surface area contributed by atoms with Crippen LogP contribution in [0.2, 0.25) is 0 Å². The van der Waals surface area contributed by atoms with E-state index < -0.39 is 0 Å². The lowest BCUT2D eigenvalue weighted by molar-refractivity contribution is -0.137. The molecule has 0 fully saturated rings. The molecule has 1 heterocycles. The monoisotopic (exact) mass is 494 g/mol. The summed E-state index contributed by atoms with van der Waals surface area (Å²) < 4.78 is 5.42. The molecule has 198 valence electrons. The first kappa shape index (κ1) is 30.4. The van der Waals surface area contributed by atoms with Gasteiger partial charge in [0.2, 0.25) is 11.8 Å². The van der Waals surface area contributed by atoms with Gasteiger partial charge in [-0.3, -0.25) is 28.9 Å².